The summed E-state index contributed by atoms with van der Waals surface area (Å²) in [5.41, 5.74) is 2.66. The zero-order valence-electron chi connectivity index (χ0n) is 14.9. The van der Waals surface area contributed by atoms with Crippen LogP contribution in [-0.4, -0.2) is 49.1 Å². The number of nitrogens with zero attached hydrogens (tertiary/aromatic N) is 3. The van der Waals surface area contributed by atoms with Gasteiger partial charge in [0.25, 0.3) is 0 Å². The van der Waals surface area contributed by atoms with Crippen molar-refractivity contribution < 1.29 is 0 Å². The Bertz CT molecular complexity index is 704. The molecule has 26 heavy (non-hydrogen) atoms. The highest BCUT2D eigenvalue weighted by atomic mass is 127. The average molecular weight is 506 g/mol. The van der Waals surface area contributed by atoms with Crippen LogP contribution in [0.15, 0.2) is 34.8 Å². The molecule has 0 radical (unpaired) electrons. The standard InChI is InChI=1S/C18H24ClN5S.HI/c1-20-18(21-7-4-14-2-3-17(19)23-12-14)22-8-10-24-9-5-16-15(13-24)6-11-25-16;/h2-3,6,11-12H,4-5,7-10,13H2,1H3,(H2,20,21,22);1H. The largest absolute Gasteiger partial charge is 0.356 e. The van der Waals surface area contributed by atoms with Crippen molar-refractivity contribution in [1.82, 2.24) is 20.5 Å². The zero-order valence-corrected chi connectivity index (χ0v) is 18.8. The predicted molar refractivity (Wildman–Crippen MR) is 121 cm³/mol. The van der Waals surface area contributed by atoms with Gasteiger partial charge in [-0.2, -0.15) is 0 Å². The third-order valence-electron chi connectivity index (χ3n) is 4.33. The van der Waals surface area contributed by atoms with Gasteiger partial charge in [0.1, 0.15) is 5.15 Å². The number of pyridine rings is 1. The van der Waals surface area contributed by atoms with Crippen LogP contribution in [0.1, 0.15) is 16.0 Å². The first-order valence-electron chi connectivity index (χ1n) is 8.57. The Morgan fingerprint density at radius 3 is 2.92 bits per heavy atom. The Morgan fingerprint density at radius 1 is 1.31 bits per heavy atom. The highest BCUT2D eigenvalue weighted by Gasteiger charge is 2.16. The van der Waals surface area contributed by atoms with E-state index in [2.05, 4.69) is 37.0 Å². The molecule has 0 amide bonds. The second-order valence-corrected chi connectivity index (χ2v) is 7.45. The quantitative estimate of drug-likeness (QED) is 0.274. The normalized spacial score (nSPS) is 14.5. The summed E-state index contributed by atoms with van der Waals surface area (Å²) in [5, 5.41) is 9.47. The van der Waals surface area contributed by atoms with Gasteiger partial charge in [-0.3, -0.25) is 9.89 Å². The van der Waals surface area contributed by atoms with Crippen LogP contribution >= 0.6 is 46.9 Å². The molecule has 0 saturated heterocycles. The minimum Gasteiger partial charge on any atom is -0.356 e. The van der Waals surface area contributed by atoms with Crippen molar-refractivity contribution in [2.45, 2.75) is 19.4 Å². The minimum absolute atomic E-state index is 0. The van der Waals surface area contributed by atoms with Crippen LogP contribution in [0, 0.1) is 0 Å². The molecule has 3 heterocycles. The monoisotopic (exact) mass is 505 g/mol. The molecule has 2 N–H and O–H groups in total. The summed E-state index contributed by atoms with van der Waals surface area (Å²) in [4.78, 5) is 12.4. The fourth-order valence-electron chi connectivity index (χ4n) is 2.93. The summed E-state index contributed by atoms with van der Waals surface area (Å²) in [7, 11) is 1.80. The first-order chi connectivity index (χ1) is 12.2. The van der Waals surface area contributed by atoms with E-state index in [1.54, 1.807) is 11.9 Å². The number of halogens is 2. The van der Waals surface area contributed by atoms with Crippen LogP contribution in [0.25, 0.3) is 0 Å². The molecule has 0 saturated carbocycles. The van der Waals surface area contributed by atoms with Crippen molar-refractivity contribution in [3.05, 3.63) is 50.9 Å². The van der Waals surface area contributed by atoms with Gasteiger partial charge in [0.2, 0.25) is 0 Å². The number of hydrogen-bond acceptors (Lipinski definition) is 4. The van der Waals surface area contributed by atoms with E-state index in [1.807, 2.05) is 29.7 Å². The molecule has 0 unspecified atom stereocenters. The maximum atomic E-state index is 5.80. The fraction of sp³-hybridized carbons (Fsp3) is 0.444. The number of hydrogen-bond donors (Lipinski definition) is 2. The lowest BCUT2D eigenvalue weighted by Crippen LogP contribution is -2.43. The molecule has 1 aliphatic rings. The topological polar surface area (TPSA) is 52.6 Å². The molecule has 2 aromatic heterocycles. The zero-order chi connectivity index (χ0) is 17.5. The number of fused-ring (bicyclic) bond motifs is 1. The Kier molecular flexibility index (Phi) is 9.10. The van der Waals surface area contributed by atoms with Gasteiger partial charge >= 0.3 is 0 Å². The Balaban J connectivity index is 0.00000243. The van der Waals surface area contributed by atoms with Crippen molar-refractivity contribution in [1.29, 1.82) is 0 Å². The average Bonchev–Trinajstić information content (AvgIpc) is 3.10. The molecule has 0 aromatic carbocycles. The number of rotatable bonds is 6. The molecule has 1 aliphatic heterocycles. The molecule has 0 fully saturated rings. The first-order valence-corrected chi connectivity index (χ1v) is 9.83. The molecule has 142 valence electrons. The highest BCUT2D eigenvalue weighted by molar-refractivity contribution is 14.0. The SMILES string of the molecule is CN=C(NCCc1ccc(Cl)nc1)NCCN1CCc2sccc2C1.I. The van der Waals surface area contributed by atoms with Gasteiger partial charge in [0, 0.05) is 50.8 Å². The maximum absolute atomic E-state index is 5.80. The lowest BCUT2D eigenvalue weighted by Gasteiger charge is -2.27. The van der Waals surface area contributed by atoms with Crippen LogP contribution in [0.3, 0.4) is 0 Å². The van der Waals surface area contributed by atoms with Gasteiger partial charge in [-0.05, 0) is 41.5 Å². The smallest absolute Gasteiger partial charge is 0.191 e. The van der Waals surface area contributed by atoms with Gasteiger partial charge in [0.15, 0.2) is 5.96 Å². The molecular weight excluding hydrogens is 481 g/mol. The van der Waals surface area contributed by atoms with E-state index in [9.17, 15) is 0 Å². The van der Waals surface area contributed by atoms with Crippen molar-refractivity contribution >= 4 is 52.9 Å². The summed E-state index contributed by atoms with van der Waals surface area (Å²) >= 11 is 7.69. The van der Waals surface area contributed by atoms with Crippen LogP contribution in [0.2, 0.25) is 5.15 Å². The molecule has 0 atom stereocenters. The summed E-state index contributed by atoms with van der Waals surface area (Å²) in [6, 6.07) is 6.08. The van der Waals surface area contributed by atoms with Crippen molar-refractivity contribution in [3.8, 4) is 0 Å². The van der Waals surface area contributed by atoms with Gasteiger partial charge in [-0.25, -0.2) is 4.98 Å². The van der Waals surface area contributed by atoms with Crippen molar-refractivity contribution in [2.75, 3.05) is 33.2 Å². The number of aliphatic imine (C=N–C) groups is 1. The lowest BCUT2D eigenvalue weighted by atomic mass is 10.1. The van der Waals surface area contributed by atoms with Crippen LogP contribution in [0.4, 0.5) is 0 Å². The van der Waals surface area contributed by atoms with Crippen LogP contribution in [-0.2, 0) is 19.4 Å². The van der Waals surface area contributed by atoms with E-state index in [4.69, 9.17) is 11.6 Å². The maximum Gasteiger partial charge on any atom is 0.191 e. The lowest BCUT2D eigenvalue weighted by molar-refractivity contribution is 0.260. The van der Waals surface area contributed by atoms with Gasteiger partial charge < -0.3 is 10.6 Å². The molecule has 5 nitrogen and oxygen atoms in total. The van der Waals surface area contributed by atoms with E-state index in [1.165, 1.54) is 12.0 Å². The molecule has 2 aromatic rings. The van der Waals surface area contributed by atoms with E-state index in [0.29, 0.717) is 5.15 Å². The van der Waals surface area contributed by atoms with Gasteiger partial charge in [-0.1, -0.05) is 17.7 Å². The van der Waals surface area contributed by atoms with Gasteiger partial charge in [0.05, 0.1) is 0 Å². The number of thiophene rings is 1. The summed E-state index contributed by atoms with van der Waals surface area (Å²) < 4.78 is 0. The van der Waals surface area contributed by atoms with Crippen LogP contribution < -0.4 is 10.6 Å². The molecule has 3 rings (SSSR count). The Morgan fingerprint density at radius 2 is 2.15 bits per heavy atom. The number of aromatic nitrogens is 1. The second kappa shape index (κ2) is 11.1. The predicted octanol–water partition coefficient (Wildman–Crippen LogP) is 3.18. The van der Waals surface area contributed by atoms with Crippen LogP contribution in [0.5, 0.6) is 0 Å². The van der Waals surface area contributed by atoms with Crippen molar-refractivity contribution in [2.24, 2.45) is 4.99 Å². The molecule has 0 aliphatic carbocycles. The van der Waals surface area contributed by atoms with E-state index in [0.717, 1.165) is 50.7 Å². The van der Waals surface area contributed by atoms with Gasteiger partial charge in [-0.15, -0.1) is 35.3 Å². The van der Waals surface area contributed by atoms with Crippen molar-refractivity contribution in [3.63, 3.8) is 0 Å². The molecule has 0 spiro atoms. The first kappa shape index (κ1) is 21.4. The summed E-state index contributed by atoms with van der Waals surface area (Å²) in [5.74, 6) is 0.843. The summed E-state index contributed by atoms with van der Waals surface area (Å²) in [6.07, 6.45) is 3.88. The van der Waals surface area contributed by atoms with E-state index in [-0.39, 0.29) is 24.0 Å². The molecular formula is C18H25ClIN5S. The molecule has 8 heteroatoms. The molecule has 0 bridgehead atoms. The van der Waals surface area contributed by atoms with E-state index < -0.39 is 0 Å². The third kappa shape index (κ3) is 6.37. The number of guanidine groups is 1. The second-order valence-electron chi connectivity index (χ2n) is 6.06. The fourth-order valence-corrected chi connectivity index (χ4v) is 3.93. The van der Waals surface area contributed by atoms with E-state index >= 15 is 0 Å². The number of nitrogens with one attached hydrogen (secondary N) is 2. The highest BCUT2D eigenvalue weighted by Crippen LogP contribution is 2.23. The minimum atomic E-state index is 0. The third-order valence-corrected chi connectivity index (χ3v) is 5.57. The Labute approximate surface area is 181 Å². The Hall–Kier alpha value is -0.900. The summed E-state index contributed by atoms with van der Waals surface area (Å²) in [6.45, 7) is 4.94.